The van der Waals surface area contributed by atoms with Crippen LogP contribution in [0.25, 0.3) is 0 Å². The Hall–Kier alpha value is -0.670. The van der Waals surface area contributed by atoms with E-state index in [-0.39, 0.29) is 24.1 Å². The topological polar surface area (TPSA) is 124 Å². The summed E-state index contributed by atoms with van der Waals surface area (Å²) in [4.78, 5) is 13.6. The number of carbonyl (C=O) groups excluding carboxylic acids is 1. The molecular formula is C24H35IO9S. The van der Waals surface area contributed by atoms with Crippen molar-refractivity contribution in [2.45, 2.75) is 95.3 Å². The first kappa shape index (κ1) is 28.9. The van der Waals surface area contributed by atoms with E-state index in [1.807, 2.05) is 20.8 Å². The third kappa shape index (κ3) is 6.08. The lowest BCUT2D eigenvalue weighted by Crippen LogP contribution is -2.48. The Bertz CT molecular complexity index is 902. The Kier molecular flexibility index (Phi) is 10.1. The highest BCUT2D eigenvalue weighted by molar-refractivity contribution is 14.1. The molecule has 0 saturated carbocycles. The maximum Gasteiger partial charge on any atom is 0.226 e. The van der Waals surface area contributed by atoms with Crippen molar-refractivity contribution in [1.82, 2.24) is 0 Å². The fraction of sp³-hybridized carbons (Fsp3) is 0.708. The normalized spacial score (nSPS) is 33.4. The molecule has 0 radical (unpaired) electrons. The van der Waals surface area contributed by atoms with Crippen LogP contribution in [0.5, 0.6) is 11.5 Å². The van der Waals surface area contributed by atoms with Gasteiger partial charge in [0.2, 0.25) is 11.4 Å². The highest BCUT2D eigenvalue weighted by atomic mass is 127. The lowest BCUT2D eigenvalue weighted by molar-refractivity contribution is -0.229. The van der Waals surface area contributed by atoms with E-state index in [0.717, 1.165) is 11.8 Å². The summed E-state index contributed by atoms with van der Waals surface area (Å²) in [5, 5.41) is 30.4. The highest BCUT2D eigenvalue weighted by Gasteiger charge is 2.40. The van der Waals surface area contributed by atoms with Crippen molar-refractivity contribution in [3.63, 3.8) is 0 Å². The second-order valence-electron chi connectivity index (χ2n) is 8.89. The van der Waals surface area contributed by atoms with Gasteiger partial charge in [-0.15, -0.1) is 0 Å². The summed E-state index contributed by atoms with van der Waals surface area (Å²) in [6, 6.07) is 0. The van der Waals surface area contributed by atoms with E-state index >= 15 is 0 Å². The number of thioether (sulfide) groups is 1. The predicted molar refractivity (Wildman–Crippen MR) is 139 cm³/mol. The summed E-state index contributed by atoms with van der Waals surface area (Å²) in [6.07, 6.45) is -4.01. The number of methoxy groups -OCH3 is 2. The first-order chi connectivity index (χ1) is 16.5. The minimum absolute atomic E-state index is 0.130. The third-order valence-electron chi connectivity index (χ3n) is 6.52. The second-order valence-corrected chi connectivity index (χ2v) is 11.1. The van der Waals surface area contributed by atoms with E-state index in [1.165, 1.54) is 14.2 Å². The lowest BCUT2D eigenvalue weighted by atomic mass is 9.98. The summed E-state index contributed by atoms with van der Waals surface area (Å²) in [7, 11) is 3.03. The molecule has 2 aliphatic heterocycles. The molecule has 0 aromatic heterocycles. The molecule has 8 atom stereocenters. The average Bonchev–Trinajstić information content (AvgIpc) is 2.81. The summed E-state index contributed by atoms with van der Waals surface area (Å²) >= 11 is 3.16. The van der Waals surface area contributed by atoms with Gasteiger partial charge in [-0.25, -0.2) is 0 Å². The van der Waals surface area contributed by atoms with E-state index in [2.05, 4.69) is 22.6 Å². The van der Waals surface area contributed by atoms with Gasteiger partial charge in [-0.2, -0.15) is 0 Å². The highest BCUT2D eigenvalue weighted by Crippen LogP contribution is 2.44. The monoisotopic (exact) mass is 626 g/mol. The number of aliphatic hydroxyl groups excluding tert-OH is 3. The minimum Gasteiger partial charge on any atom is -0.493 e. The van der Waals surface area contributed by atoms with Crippen LogP contribution in [0.1, 0.15) is 55.1 Å². The largest absolute Gasteiger partial charge is 0.493 e. The van der Waals surface area contributed by atoms with Gasteiger partial charge in [0.1, 0.15) is 6.10 Å². The molecule has 3 N–H and O–H groups in total. The first-order valence-corrected chi connectivity index (χ1v) is 13.6. The van der Waals surface area contributed by atoms with Gasteiger partial charge in [0, 0.05) is 31.1 Å². The number of hydrogen-bond acceptors (Lipinski definition) is 10. The standard InChI is InChI=1S/C24H35IO9S/c1-7-13-18(23(29)35-22-12(4)32-17(30-5)9-15(22)27)10(2)19(25)21(20(13)31-6)34-24-16(28)8-14(26)11(3)33-24/h11-12,14-17,22,24,26-28H,7-9H2,1-6H3/t11?,12-,14-,15+,16-,17-,22-,24?/m1/s1. The van der Waals surface area contributed by atoms with Crippen LogP contribution >= 0.6 is 34.4 Å². The predicted octanol–water partition coefficient (Wildman–Crippen LogP) is 2.79. The van der Waals surface area contributed by atoms with Gasteiger partial charge < -0.3 is 39.0 Å². The number of rotatable bonds is 7. The van der Waals surface area contributed by atoms with Gasteiger partial charge in [-0.05, 0) is 55.3 Å². The first-order valence-electron chi connectivity index (χ1n) is 11.7. The van der Waals surface area contributed by atoms with Gasteiger partial charge in [-0.1, -0.05) is 18.7 Å². The Labute approximate surface area is 223 Å². The van der Waals surface area contributed by atoms with E-state index < -0.39 is 42.2 Å². The number of halogens is 1. The van der Waals surface area contributed by atoms with Crippen molar-refractivity contribution in [1.29, 1.82) is 0 Å². The third-order valence-corrected chi connectivity index (χ3v) is 9.20. The van der Waals surface area contributed by atoms with Crippen LogP contribution in [0, 0.1) is 10.5 Å². The number of ether oxygens (including phenoxy) is 5. The lowest BCUT2D eigenvalue weighted by Gasteiger charge is -2.37. The number of aliphatic hydroxyl groups is 3. The fourth-order valence-electron chi connectivity index (χ4n) is 4.48. The number of carbonyl (C=O) groups is 1. The molecule has 9 nitrogen and oxygen atoms in total. The molecule has 0 amide bonds. The smallest absolute Gasteiger partial charge is 0.226 e. The Balaban J connectivity index is 1.93. The van der Waals surface area contributed by atoms with Crippen LogP contribution in [0.4, 0.5) is 0 Å². The molecule has 0 bridgehead atoms. The maximum absolute atomic E-state index is 13.6. The molecule has 35 heavy (non-hydrogen) atoms. The minimum atomic E-state index is -1.02. The summed E-state index contributed by atoms with van der Waals surface area (Å²) < 4.78 is 29.2. The van der Waals surface area contributed by atoms with Gasteiger partial charge in [0.15, 0.2) is 17.8 Å². The Morgan fingerprint density at radius 1 is 1.06 bits per heavy atom. The molecule has 2 heterocycles. The zero-order chi connectivity index (χ0) is 26.0. The Morgan fingerprint density at radius 2 is 1.74 bits per heavy atom. The Morgan fingerprint density at radius 3 is 2.31 bits per heavy atom. The van der Waals surface area contributed by atoms with Crippen molar-refractivity contribution in [2.24, 2.45) is 0 Å². The molecule has 2 fully saturated rings. The van der Waals surface area contributed by atoms with Crippen molar-refractivity contribution in [3.05, 3.63) is 20.3 Å². The number of benzene rings is 1. The maximum atomic E-state index is 13.6. The zero-order valence-electron chi connectivity index (χ0n) is 20.8. The molecular weight excluding hydrogens is 591 g/mol. The van der Waals surface area contributed by atoms with Crippen molar-refractivity contribution >= 4 is 39.5 Å². The molecule has 3 rings (SSSR count). The van der Waals surface area contributed by atoms with Crippen LogP contribution < -0.4 is 9.47 Å². The quantitative estimate of drug-likeness (QED) is 0.390. The van der Waals surface area contributed by atoms with Gasteiger partial charge >= 0.3 is 0 Å². The van der Waals surface area contributed by atoms with Crippen molar-refractivity contribution < 1.29 is 43.8 Å². The van der Waals surface area contributed by atoms with Crippen molar-refractivity contribution in [2.75, 3.05) is 14.2 Å². The summed E-state index contributed by atoms with van der Waals surface area (Å²) in [5.74, 6) is 0.781. The van der Waals surface area contributed by atoms with E-state index in [1.54, 1.807) is 6.92 Å². The molecule has 1 aromatic rings. The second kappa shape index (κ2) is 12.2. The number of hydrogen-bond donors (Lipinski definition) is 3. The van der Waals surface area contributed by atoms with Crippen molar-refractivity contribution in [3.8, 4) is 11.5 Å². The van der Waals surface area contributed by atoms with Crippen LogP contribution in [0.3, 0.4) is 0 Å². The van der Waals surface area contributed by atoms with Gasteiger partial charge in [0.05, 0.1) is 40.3 Å². The molecule has 2 unspecified atom stereocenters. The molecule has 2 saturated heterocycles. The zero-order valence-corrected chi connectivity index (χ0v) is 23.8. The molecule has 1 aromatic carbocycles. The van der Waals surface area contributed by atoms with E-state index in [0.29, 0.717) is 38.2 Å². The molecule has 0 spiro atoms. The van der Waals surface area contributed by atoms with Crippen LogP contribution in [-0.2, 0) is 20.6 Å². The molecule has 2 aliphatic rings. The van der Waals surface area contributed by atoms with Crippen LogP contribution in [-0.4, -0.2) is 83.0 Å². The molecule has 0 aliphatic carbocycles. The van der Waals surface area contributed by atoms with Gasteiger partial charge in [-0.3, -0.25) is 4.79 Å². The van der Waals surface area contributed by atoms with E-state index in [4.69, 9.17) is 23.7 Å². The van der Waals surface area contributed by atoms with Crippen LogP contribution in [0.2, 0.25) is 0 Å². The molecule has 11 heteroatoms. The summed E-state index contributed by atoms with van der Waals surface area (Å²) in [6.45, 7) is 7.30. The van der Waals surface area contributed by atoms with Crippen LogP contribution in [0.15, 0.2) is 0 Å². The van der Waals surface area contributed by atoms with E-state index in [9.17, 15) is 20.1 Å². The fourth-order valence-corrected chi connectivity index (χ4v) is 6.29. The van der Waals surface area contributed by atoms with Gasteiger partial charge in [0.25, 0.3) is 0 Å². The SMILES string of the molecule is CCc1c(OC)c(OC2OC(C)[C@H](O)C[C@H]2O)c(I)c(C)c1C(=O)S[C@H]1[C@@H](O)C[C@H](OC)O[C@@H]1C. The summed E-state index contributed by atoms with van der Waals surface area (Å²) in [5.41, 5.74) is 1.89. The average molecular weight is 627 g/mol. The molecule has 198 valence electrons.